The number of hydrogen-bond donors (Lipinski definition) is 0. The van der Waals surface area contributed by atoms with Crippen LogP contribution in [0.5, 0.6) is 0 Å². The van der Waals surface area contributed by atoms with E-state index < -0.39 is 0 Å². The molecule has 0 spiro atoms. The van der Waals surface area contributed by atoms with E-state index in [0.29, 0.717) is 0 Å². The molecule has 1 aliphatic carbocycles. The maximum absolute atomic E-state index is 2.60. The van der Waals surface area contributed by atoms with Gasteiger partial charge in [-0.1, -0.05) is 6.92 Å². The van der Waals surface area contributed by atoms with E-state index in [-0.39, 0.29) is 0 Å². The zero-order chi connectivity index (χ0) is 9.97. The highest BCUT2D eigenvalue weighted by Crippen LogP contribution is 2.31. The molecular formula is C12H22N2. The average Bonchev–Trinajstić information content (AvgIpc) is 2.08. The first kappa shape index (κ1) is 10.0. The Kier molecular flexibility index (Phi) is 3.12. The Balaban J connectivity index is 2.00. The lowest BCUT2D eigenvalue weighted by Crippen LogP contribution is -2.44. The minimum atomic E-state index is 1.21. The molecule has 0 amide bonds. The van der Waals surface area contributed by atoms with Gasteiger partial charge >= 0.3 is 0 Å². The largest absolute Gasteiger partial charge is 0.376 e. The van der Waals surface area contributed by atoms with Crippen LogP contribution in [0.4, 0.5) is 0 Å². The first-order valence-electron chi connectivity index (χ1n) is 5.95. The summed E-state index contributed by atoms with van der Waals surface area (Å²) in [6, 6.07) is 0. The molecule has 14 heavy (non-hydrogen) atoms. The van der Waals surface area contributed by atoms with Gasteiger partial charge in [0.25, 0.3) is 0 Å². The third-order valence-electron chi connectivity index (χ3n) is 3.49. The molecule has 0 unspecified atom stereocenters. The Labute approximate surface area is 87.6 Å². The Bertz CT molecular complexity index is 226. The van der Waals surface area contributed by atoms with Crippen LogP contribution in [0.25, 0.3) is 0 Å². The molecule has 0 N–H and O–H groups in total. The van der Waals surface area contributed by atoms with Crippen LogP contribution < -0.4 is 0 Å². The summed E-state index contributed by atoms with van der Waals surface area (Å²) < 4.78 is 0. The van der Waals surface area contributed by atoms with E-state index in [2.05, 4.69) is 23.8 Å². The highest BCUT2D eigenvalue weighted by molar-refractivity contribution is 5.21. The van der Waals surface area contributed by atoms with Gasteiger partial charge in [-0.25, -0.2) is 0 Å². The fraction of sp³-hybridized carbons (Fsp3) is 0.833. The van der Waals surface area contributed by atoms with Crippen molar-refractivity contribution in [3.8, 4) is 0 Å². The second kappa shape index (κ2) is 4.35. The van der Waals surface area contributed by atoms with Gasteiger partial charge in [-0.2, -0.15) is 0 Å². The SMILES string of the molecule is CCCN1CCN(C)C(=C2CCC2)C1. The van der Waals surface area contributed by atoms with E-state index in [1.54, 1.807) is 11.3 Å². The Hall–Kier alpha value is -0.500. The van der Waals surface area contributed by atoms with Crippen molar-refractivity contribution >= 4 is 0 Å². The van der Waals surface area contributed by atoms with Gasteiger partial charge in [0.05, 0.1) is 0 Å². The first-order valence-corrected chi connectivity index (χ1v) is 5.95. The van der Waals surface area contributed by atoms with E-state index in [9.17, 15) is 0 Å². The van der Waals surface area contributed by atoms with Crippen LogP contribution in [0.2, 0.25) is 0 Å². The van der Waals surface area contributed by atoms with Gasteiger partial charge in [-0.05, 0) is 37.8 Å². The molecule has 0 aromatic rings. The van der Waals surface area contributed by atoms with E-state index in [1.165, 1.54) is 51.9 Å². The van der Waals surface area contributed by atoms with Crippen LogP contribution in [-0.2, 0) is 0 Å². The number of allylic oxidation sites excluding steroid dienone is 1. The second-order valence-electron chi connectivity index (χ2n) is 4.60. The van der Waals surface area contributed by atoms with E-state index >= 15 is 0 Å². The smallest absolute Gasteiger partial charge is 0.0384 e. The summed E-state index contributed by atoms with van der Waals surface area (Å²) in [6.07, 6.45) is 5.42. The Morgan fingerprint density at radius 3 is 2.57 bits per heavy atom. The fourth-order valence-corrected chi connectivity index (χ4v) is 2.37. The summed E-state index contributed by atoms with van der Waals surface area (Å²) in [5, 5.41) is 0. The van der Waals surface area contributed by atoms with Gasteiger partial charge in [-0.3, -0.25) is 4.90 Å². The fourth-order valence-electron chi connectivity index (χ4n) is 2.37. The van der Waals surface area contributed by atoms with Crippen molar-refractivity contribution in [2.75, 3.05) is 33.2 Å². The van der Waals surface area contributed by atoms with Crippen molar-refractivity contribution in [2.45, 2.75) is 32.6 Å². The minimum absolute atomic E-state index is 1.21. The van der Waals surface area contributed by atoms with Crippen LogP contribution in [0.3, 0.4) is 0 Å². The first-order chi connectivity index (χ1) is 6.81. The molecule has 0 aromatic carbocycles. The third kappa shape index (κ3) is 1.95. The highest BCUT2D eigenvalue weighted by Gasteiger charge is 2.23. The summed E-state index contributed by atoms with van der Waals surface area (Å²) in [7, 11) is 2.25. The third-order valence-corrected chi connectivity index (χ3v) is 3.49. The van der Waals surface area contributed by atoms with Crippen molar-refractivity contribution in [3.63, 3.8) is 0 Å². The lowest BCUT2D eigenvalue weighted by Gasteiger charge is -2.39. The standard InChI is InChI=1S/C12H22N2/c1-3-7-14-9-8-13(2)12(10-14)11-5-4-6-11/h3-10H2,1-2H3. The molecule has 2 heteroatoms. The number of hydrogen-bond acceptors (Lipinski definition) is 2. The second-order valence-corrected chi connectivity index (χ2v) is 4.60. The summed E-state index contributed by atoms with van der Waals surface area (Å²) in [5.41, 5.74) is 3.37. The molecule has 0 atom stereocenters. The van der Waals surface area contributed by atoms with Crippen LogP contribution in [0, 0.1) is 0 Å². The Morgan fingerprint density at radius 1 is 1.21 bits per heavy atom. The quantitative estimate of drug-likeness (QED) is 0.664. The van der Waals surface area contributed by atoms with Crippen molar-refractivity contribution in [1.29, 1.82) is 0 Å². The molecule has 2 rings (SSSR count). The maximum Gasteiger partial charge on any atom is 0.0384 e. The van der Waals surface area contributed by atoms with Crippen molar-refractivity contribution < 1.29 is 0 Å². The van der Waals surface area contributed by atoms with E-state index in [4.69, 9.17) is 0 Å². The molecule has 1 aliphatic heterocycles. The molecule has 0 aromatic heterocycles. The van der Waals surface area contributed by atoms with E-state index in [1.807, 2.05) is 0 Å². The molecule has 0 radical (unpaired) electrons. The lowest BCUT2D eigenvalue weighted by atomic mass is 9.89. The predicted molar refractivity (Wildman–Crippen MR) is 60.2 cm³/mol. The zero-order valence-corrected chi connectivity index (χ0v) is 9.55. The van der Waals surface area contributed by atoms with Crippen molar-refractivity contribution in [3.05, 3.63) is 11.3 Å². The van der Waals surface area contributed by atoms with Gasteiger partial charge < -0.3 is 4.90 Å². The van der Waals surface area contributed by atoms with Gasteiger partial charge in [0.15, 0.2) is 0 Å². The van der Waals surface area contributed by atoms with Crippen LogP contribution >= 0.6 is 0 Å². The van der Waals surface area contributed by atoms with Crippen molar-refractivity contribution in [1.82, 2.24) is 9.80 Å². The summed E-state index contributed by atoms with van der Waals surface area (Å²) in [4.78, 5) is 5.07. The van der Waals surface area contributed by atoms with Crippen LogP contribution in [0.15, 0.2) is 11.3 Å². The van der Waals surface area contributed by atoms with Crippen molar-refractivity contribution in [2.24, 2.45) is 0 Å². The summed E-state index contributed by atoms with van der Waals surface area (Å²) >= 11 is 0. The molecule has 2 nitrogen and oxygen atoms in total. The van der Waals surface area contributed by atoms with Gasteiger partial charge in [-0.15, -0.1) is 0 Å². The molecule has 1 heterocycles. The molecular weight excluding hydrogens is 172 g/mol. The van der Waals surface area contributed by atoms with Gasteiger partial charge in [0.1, 0.15) is 0 Å². The topological polar surface area (TPSA) is 6.48 Å². The normalized spacial score (nSPS) is 24.0. The molecule has 2 aliphatic rings. The highest BCUT2D eigenvalue weighted by atomic mass is 15.3. The maximum atomic E-state index is 2.60. The van der Waals surface area contributed by atoms with Gasteiger partial charge in [0.2, 0.25) is 0 Å². The van der Waals surface area contributed by atoms with Crippen LogP contribution in [-0.4, -0.2) is 43.0 Å². The number of likely N-dealkylation sites (N-methyl/N-ethyl adjacent to an activating group) is 1. The molecule has 80 valence electrons. The Morgan fingerprint density at radius 2 is 2.00 bits per heavy atom. The monoisotopic (exact) mass is 194 g/mol. The van der Waals surface area contributed by atoms with Crippen LogP contribution in [0.1, 0.15) is 32.6 Å². The number of nitrogens with zero attached hydrogens (tertiary/aromatic N) is 2. The molecule has 1 saturated heterocycles. The lowest BCUT2D eigenvalue weighted by molar-refractivity contribution is 0.191. The molecule has 1 saturated carbocycles. The van der Waals surface area contributed by atoms with Gasteiger partial charge in [0, 0.05) is 32.4 Å². The summed E-state index contributed by atoms with van der Waals surface area (Å²) in [6.45, 7) is 7.22. The molecule has 2 fully saturated rings. The van der Waals surface area contributed by atoms with E-state index in [0.717, 1.165) is 0 Å². The predicted octanol–water partition coefficient (Wildman–Crippen LogP) is 2.08. The molecule has 0 bridgehead atoms. The summed E-state index contributed by atoms with van der Waals surface area (Å²) in [5.74, 6) is 0. The minimum Gasteiger partial charge on any atom is -0.376 e. The number of piperazine rings is 1. The average molecular weight is 194 g/mol. The zero-order valence-electron chi connectivity index (χ0n) is 9.55. The number of rotatable bonds is 2.